The molecule has 1 rings (SSSR count). The highest BCUT2D eigenvalue weighted by Crippen LogP contribution is 2.29. The number of carbonyl (C=O) groups is 1. The third-order valence-corrected chi connectivity index (χ3v) is 3.07. The molecule has 1 N–H and O–H groups in total. The van der Waals surface area contributed by atoms with Crippen LogP contribution in [-0.2, 0) is 4.79 Å². The second-order valence-corrected chi connectivity index (χ2v) is 4.51. The van der Waals surface area contributed by atoms with Crippen LogP contribution < -0.4 is 0 Å². The fourth-order valence-electron chi connectivity index (χ4n) is 2.11. The smallest absolute Gasteiger partial charge is 0.327 e. The van der Waals surface area contributed by atoms with Gasteiger partial charge < -0.3 is 5.11 Å². The standard InChI is InChI=1S/C16H22O2/c1-2-3-9-14-11-8-12-15(14)10-6-4-5-7-13-16(17)18/h3-4,6-9,12-15H,2,5,10-11H2,1H3,(H,17,18)/t14-,15-/m0/s1. The van der Waals surface area contributed by atoms with Crippen molar-refractivity contribution in [2.45, 2.75) is 32.6 Å². The second-order valence-electron chi connectivity index (χ2n) is 4.51. The molecule has 0 saturated carbocycles. The lowest BCUT2D eigenvalue weighted by Crippen LogP contribution is -2.03. The van der Waals surface area contributed by atoms with Crippen LogP contribution in [0.3, 0.4) is 0 Å². The van der Waals surface area contributed by atoms with Crippen molar-refractivity contribution in [1.29, 1.82) is 0 Å². The molecule has 1 aliphatic rings. The molecule has 0 aromatic heterocycles. The molecule has 0 saturated heterocycles. The van der Waals surface area contributed by atoms with Gasteiger partial charge in [-0.2, -0.15) is 0 Å². The predicted molar refractivity (Wildman–Crippen MR) is 75.3 cm³/mol. The highest BCUT2D eigenvalue weighted by molar-refractivity contribution is 5.79. The third kappa shape index (κ3) is 5.67. The summed E-state index contributed by atoms with van der Waals surface area (Å²) in [6.45, 7) is 2.16. The van der Waals surface area contributed by atoms with Crippen LogP contribution in [0.4, 0.5) is 0 Å². The number of hydrogen-bond acceptors (Lipinski definition) is 1. The van der Waals surface area contributed by atoms with E-state index >= 15 is 0 Å². The Balaban J connectivity index is 2.29. The van der Waals surface area contributed by atoms with E-state index in [-0.39, 0.29) is 0 Å². The molecule has 0 fully saturated rings. The summed E-state index contributed by atoms with van der Waals surface area (Å²) in [5.41, 5.74) is 0. The van der Waals surface area contributed by atoms with E-state index < -0.39 is 5.97 Å². The summed E-state index contributed by atoms with van der Waals surface area (Å²) >= 11 is 0. The quantitative estimate of drug-likeness (QED) is 0.542. The van der Waals surface area contributed by atoms with Crippen LogP contribution in [-0.4, -0.2) is 11.1 Å². The third-order valence-electron chi connectivity index (χ3n) is 3.07. The summed E-state index contributed by atoms with van der Waals surface area (Å²) in [6.07, 6.45) is 20.1. The van der Waals surface area contributed by atoms with E-state index in [2.05, 4.69) is 37.3 Å². The van der Waals surface area contributed by atoms with Crippen molar-refractivity contribution in [3.8, 4) is 0 Å². The van der Waals surface area contributed by atoms with Crippen molar-refractivity contribution < 1.29 is 9.90 Å². The first-order valence-electron chi connectivity index (χ1n) is 6.61. The monoisotopic (exact) mass is 246 g/mol. The van der Waals surface area contributed by atoms with Crippen LogP contribution in [0.1, 0.15) is 32.6 Å². The Morgan fingerprint density at radius 1 is 1.33 bits per heavy atom. The van der Waals surface area contributed by atoms with Crippen molar-refractivity contribution >= 4 is 5.97 Å². The predicted octanol–water partition coefficient (Wildman–Crippen LogP) is 4.12. The van der Waals surface area contributed by atoms with Crippen LogP contribution in [0.15, 0.2) is 48.6 Å². The minimum atomic E-state index is -0.883. The summed E-state index contributed by atoms with van der Waals surface area (Å²) in [6, 6.07) is 0. The average Bonchev–Trinajstić information content (AvgIpc) is 2.78. The zero-order valence-electron chi connectivity index (χ0n) is 11.0. The average molecular weight is 246 g/mol. The molecule has 0 radical (unpaired) electrons. The largest absolute Gasteiger partial charge is 0.478 e. The van der Waals surface area contributed by atoms with Crippen LogP contribution >= 0.6 is 0 Å². The van der Waals surface area contributed by atoms with Gasteiger partial charge in [-0.05, 0) is 37.5 Å². The molecule has 2 nitrogen and oxygen atoms in total. The fourth-order valence-corrected chi connectivity index (χ4v) is 2.11. The van der Waals surface area contributed by atoms with Crippen molar-refractivity contribution in [2.24, 2.45) is 11.8 Å². The Kier molecular flexibility index (Phi) is 6.85. The molecular formula is C16H22O2. The van der Waals surface area contributed by atoms with Gasteiger partial charge in [0.2, 0.25) is 0 Å². The molecular weight excluding hydrogens is 224 g/mol. The molecule has 98 valence electrons. The van der Waals surface area contributed by atoms with E-state index in [1.807, 2.05) is 6.08 Å². The summed E-state index contributed by atoms with van der Waals surface area (Å²) in [4.78, 5) is 10.3. The van der Waals surface area contributed by atoms with Gasteiger partial charge in [-0.15, -0.1) is 0 Å². The Labute approximate surface area is 109 Å². The number of carboxylic acid groups (broad SMARTS) is 1. The second kappa shape index (κ2) is 8.51. The lowest BCUT2D eigenvalue weighted by atomic mass is 9.92. The molecule has 2 atom stereocenters. The summed E-state index contributed by atoms with van der Waals surface area (Å²) < 4.78 is 0. The maximum Gasteiger partial charge on any atom is 0.327 e. The van der Waals surface area contributed by atoms with E-state index in [9.17, 15) is 4.79 Å². The molecule has 0 aliphatic heterocycles. The van der Waals surface area contributed by atoms with E-state index in [1.54, 1.807) is 6.08 Å². The number of hydrogen-bond donors (Lipinski definition) is 1. The van der Waals surface area contributed by atoms with Gasteiger partial charge >= 0.3 is 5.97 Å². The van der Waals surface area contributed by atoms with Crippen LogP contribution in [0.2, 0.25) is 0 Å². The molecule has 18 heavy (non-hydrogen) atoms. The molecule has 0 spiro atoms. The molecule has 1 aliphatic carbocycles. The summed E-state index contributed by atoms with van der Waals surface area (Å²) in [5, 5.41) is 8.43. The molecule has 0 aromatic carbocycles. The topological polar surface area (TPSA) is 37.3 Å². The number of aliphatic carboxylic acids is 1. The van der Waals surface area contributed by atoms with Crippen molar-refractivity contribution in [1.82, 2.24) is 0 Å². The Morgan fingerprint density at radius 2 is 2.17 bits per heavy atom. The normalized spacial score (nSPS) is 23.8. The number of carboxylic acids is 1. The molecule has 2 heteroatoms. The van der Waals surface area contributed by atoms with E-state index in [1.165, 1.54) is 6.08 Å². The van der Waals surface area contributed by atoms with Gasteiger partial charge in [0.25, 0.3) is 0 Å². The number of allylic oxidation sites excluding steroid dienone is 7. The van der Waals surface area contributed by atoms with E-state index in [0.717, 1.165) is 19.3 Å². The van der Waals surface area contributed by atoms with Crippen molar-refractivity contribution in [2.75, 3.05) is 0 Å². The molecule has 0 amide bonds. The van der Waals surface area contributed by atoms with Crippen LogP contribution in [0.5, 0.6) is 0 Å². The van der Waals surface area contributed by atoms with Gasteiger partial charge in [0, 0.05) is 6.08 Å². The maximum atomic E-state index is 10.3. The summed E-state index contributed by atoms with van der Waals surface area (Å²) in [7, 11) is 0. The summed E-state index contributed by atoms with van der Waals surface area (Å²) in [5.74, 6) is 0.364. The number of rotatable bonds is 7. The maximum absolute atomic E-state index is 10.3. The van der Waals surface area contributed by atoms with Gasteiger partial charge in [-0.1, -0.05) is 49.5 Å². The van der Waals surface area contributed by atoms with Gasteiger partial charge in [-0.3, -0.25) is 0 Å². The first-order valence-corrected chi connectivity index (χ1v) is 6.61. The zero-order chi connectivity index (χ0) is 13.2. The van der Waals surface area contributed by atoms with E-state index in [4.69, 9.17) is 5.11 Å². The lowest BCUT2D eigenvalue weighted by Gasteiger charge is -2.13. The highest BCUT2D eigenvalue weighted by Gasteiger charge is 2.18. The van der Waals surface area contributed by atoms with Crippen LogP contribution in [0, 0.1) is 11.8 Å². The first-order chi connectivity index (χ1) is 8.74. The van der Waals surface area contributed by atoms with E-state index in [0.29, 0.717) is 18.3 Å². The fraction of sp³-hybridized carbons (Fsp3) is 0.438. The first kappa shape index (κ1) is 14.5. The molecule has 0 bridgehead atoms. The SMILES string of the molecule is CCC=C[C@H]1CC=C[C@@H]1CC=CCC=CC(=O)O. The van der Waals surface area contributed by atoms with Gasteiger partial charge in [0.05, 0.1) is 0 Å². The van der Waals surface area contributed by atoms with Gasteiger partial charge in [0.15, 0.2) is 0 Å². The minimum Gasteiger partial charge on any atom is -0.478 e. The minimum absolute atomic E-state index is 0.604. The molecule has 0 heterocycles. The van der Waals surface area contributed by atoms with Gasteiger partial charge in [-0.25, -0.2) is 4.79 Å². The Hall–Kier alpha value is -1.57. The van der Waals surface area contributed by atoms with Gasteiger partial charge in [0.1, 0.15) is 0 Å². The molecule has 0 unspecified atom stereocenters. The van der Waals surface area contributed by atoms with Crippen molar-refractivity contribution in [3.05, 3.63) is 48.6 Å². The van der Waals surface area contributed by atoms with Crippen molar-refractivity contribution in [3.63, 3.8) is 0 Å². The Bertz CT molecular complexity index is 361. The molecule has 0 aromatic rings. The lowest BCUT2D eigenvalue weighted by molar-refractivity contribution is -0.131. The Morgan fingerprint density at radius 3 is 2.89 bits per heavy atom. The highest BCUT2D eigenvalue weighted by atomic mass is 16.4. The van der Waals surface area contributed by atoms with Crippen LogP contribution in [0.25, 0.3) is 0 Å². The zero-order valence-corrected chi connectivity index (χ0v) is 11.0.